The molecule has 1 saturated heterocycles. The third-order valence-corrected chi connectivity index (χ3v) is 5.19. The molecule has 1 heterocycles. The fourth-order valence-electron chi connectivity index (χ4n) is 2.68. The number of rotatable bonds is 7. The van der Waals surface area contributed by atoms with Crippen molar-refractivity contribution in [3.63, 3.8) is 0 Å². The number of nitro groups is 1. The average molecular weight is 414 g/mol. The molecule has 29 heavy (non-hydrogen) atoms. The van der Waals surface area contributed by atoms with E-state index in [-0.39, 0.29) is 18.0 Å². The van der Waals surface area contributed by atoms with Crippen molar-refractivity contribution in [2.45, 2.75) is 18.2 Å². The molecule has 0 bridgehead atoms. The minimum Gasteiger partial charge on any atom is -0.496 e. The summed E-state index contributed by atoms with van der Waals surface area (Å²) >= 11 is 1.18. The summed E-state index contributed by atoms with van der Waals surface area (Å²) in [6.07, 6.45) is -0.0765. The Morgan fingerprint density at radius 1 is 1.31 bits per heavy atom. The summed E-state index contributed by atoms with van der Waals surface area (Å²) in [6.45, 7) is 0.333. The summed E-state index contributed by atoms with van der Waals surface area (Å²) in [4.78, 5) is 39.0. The average Bonchev–Trinajstić information content (AvgIpc) is 3.05. The van der Waals surface area contributed by atoms with Crippen LogP contribution in [0.1, 0.15) is 12.0 Å². The molecule has 1 aliphatic heterocycles. The summed E-state index contributed by atoms with van der Waals surface area (Å²) in [7, 11) is 1.58. The van der Waals surface area contributed by atoms with Crippen LogP contribution in [0.5, 0.6) is 5.75 Å². The smallest absolute Gasteiger partial charge is 0.271 e. The van der Waals surface area contributed by atoms with Gasteiger partial charge in [-0.15, -0.1) is 0 Å². The zero-order chi connectivity index (χ0) is 20.8. The van der Waals surface area contributed by atoms with Crippen LogP contribution in [-0.4, -0.2) is 34.3 Å². The van der Waals surface area contributed by atoms with E-state index in [0.717, 1.165) is 5.56 Å². The zero-order valence-electron chi connectivity index (χ0n) is 15.5. The summed E-state index contributed by atoms with van der Waals surface area (Å²) in [6, 6.07) is 13.1. The van der Waals surface area contributed by atoms with Crippen molar-refractivity contribution < 1.29 is 19.2 Å². The third-order valence-electron chi connectivity index (χ3n) is 4.07. The number of anilines is 1. The highest BCUT2D eigenvalue weighted by atomic mass is 32.2. The number of nitrogens with one attached hydrogen (secondary N) is 2. The highest BCUT2D eigenvalue weighted by Gasteiger charge is 2.32. The van der Waals surface area contributed by atoms with Gasteiger partial charge in [0, 0.05) is 29.8 Å². The molecule has 0 unspecified atom stereocenters. The van der Waals surface area contributed by atoms with E-state index in [9.17, 15) is 19.7 Å². The molecular weight excluding hydrogens is 396 g/mol. The first kappa shape index (κ1) is 20.3. The Bertz CT molecular complexity index is 979. The summed E-state index contributed by atoms with van der Waals surface area (Å²) < 4.78 is 5.28. The molecule has 1 fully saturated rings. The minimum atomic E-state index is -0.620. The highest BCUT2D eigenvalue weighted by molar-refractivity contribution is 8.15. The van der Waals surface area contributed by atoms with E-state index in [1.807, 2.05) is 24.3 Å². The lowest BCUT2D eigenvalue weighted by atomic mass is 10.2. The Morgan fingerprint density at radius 3 is 2.86 bits per heavy atom. The standard InChI is InChI=1S/C19H18N4O5S/c1-28-15-8-3-2-5-12(15)11-20-19-22-18(25)16(29-19)10-17(24)21-13-6-4-7-14(9-13)23(26)27/h2-9,16H,10-11H2,1H3,(H,21,24)(H,20,22,25)/t16-/m0/s1. The van der Waals surface area contributed by atoms with Crippen LogP contribution in [0.4, 0.5) is 11.4 Å². The van der Waals surface area contributed by atoms with Gasteiger partial charge in [-0.1, -0.05) is 36.0 Å². The Balaban J connectivity index is 1.58. The molecule has 0 saturated carbocycles. The van der Waals surface area contributed by atoms with Crippen molar-refractivity contribution in [3.05, 3.63) is 64.2 Å². The number of carbonyl (C=O) groups excluding carboxylic acids is 2. The fourth-order valence-corrected chi connectivity index (χ4v) is 3.65. The number of amidine groups is 1. The van der Waals surface area contributed by atoms with Crippen molar-refractivity contribution in [1.29, 1.82) is 0 Å². The van der Waals surface area contributed by atoms with Crippen molar-refractivity contribution in [1.82, 2.24) is 5.32 Å². The van der Waals surface area contributed by atoms with E-state index in [0.29, 0.717) is 23.1 Å². The van der Waals surface area contributed by atoms with Crippen LogP contribution in [-0.2, 0) is 16.1 Å². The lowest BCUT2D eigenvalue weighted by molar-refractivity contribution is -0.384. The molecule has 0 radical (unpaired) electrons. The lowest BCUT2D eigenvalue weighted by Gasteiger charge is -2.07. The molecular formula is C19H18N4O5S. The van der Waals surface area contributed by atoms with E-state index in [4.69, 9.17) is 4.74 Å². The minimum absolute atomic E-state index is 0.0765. The number of nitro benzene ring substituents is 1. The number of amides is 2. The predicted molar refractivity (Wildman–Crippen MR) is 110 cm³/mol. The predicted octanol–water partition coefficient (Wildman–Crippen LogP) is 2.72. The zero-order valence-corrected chi connectivity index (χ0v) is 16.3. The summed E-state index contributed by atoms with van der Waals surface area (Å²) in [5, 5.41) is 15.9. The first-order chi connectivity index (χ1) is 14.0. The summed E-state index contributed by atoms with van der Waals surface area (Å²) in [5.41, 5.74) is 1.06. The second-order valence-electron chi connectivity index (χ2n) is 6.09. The Kier molecular flexibility index (Phi) is 6.45. The van der Waals surface area contributed by atoms with Gasteiger partial charge in [0.25, 0.3) is 5.69 Å². The molecule has 0 aromatic heterocycles. The van der Waals surface area contributed by atoms with Crippen LogP contribution in [0.15, 0.2) is 53.5 Å². The fraction of sp³-hybridized carbons (Fsp3) is 0.211. The molecule has 2 amide bonds. The maximum atomic E-state index is 12.2. The van der Waals surface area contributed by atoms with E-state index >= 15 is 0 Å². The second kappa shape index (κ2) is 9.20. The van der Waals surface area contributed by atoms with E-state index < -0.39 is 16.1 Å². The van der Waals surface area contributed by atoms with Crippen LogP contribution in [0.2, 0.25) is 0 Å². The van der Waals surface area contributed by atoms with E-state index in [1.165, 1.54) is 30.0 Å². The van der Waals surface area contributed by atoms with Crippen LogP contribution < -0.4 is 15.4 Å². The number of hydrogen-bond acceptors (Lipinski definition) is 7. The molecule has 1 aliphatic rings. The number of para-hydroxylation sites is 1. The van der Waals surface area contributed by atoms with Gasteiger partial charge in [-0.2, -0.15) is 0 Å². The van der Waals surface area contributed by atoms with Crippen molar-refractivity contribution in [3.8, 4) is 5.75 Å². The molecule has 1 atom stereocenters. The molecule has 10 heteroatoms. The van der Waals surface area contributed by atoms with Gasteiger partial charge in [-0.05, 0) is 12.1 Å². The van der Waals surface area contributed by atoms with Gasteiger partial charge < -0.3 is 15.4 Å². The number of aliphatic imine (C=N–C) groups is 1. The number of thioether (sulfide) groups is 1. The number of ether oxygens (including phenoxy) is 1. The quantitative estimate of drug-likeness (QED) is 0.530. The normalized spacial score (nSPS) is 17.1. The van der Waals surface area contributed by atoms with Gasteiger partial charge in [-0.25, -0.2) is 0 Å². The maximum absolute atomic E-state index is 12.2. The monoisotopic (exact) mass is 414 g/mol. The number of carbonyl (C=O) groups is 2. The number of nitrogens with zero attached hydrogens (tertiary/aromatic N) is 2. The number of non-ortho nitro benzene ring substituents is 1. The first-order valence-corrected chi connectivity index (χ1v) is 9.52. The molecule has 0 spiro atoms. The van der Waals surface area contributed by atoms with Crippen molar-refractivity contribution in [2.75, 3.05) is 12.4 Å². The number of benzene rings is 2. The number of methoxy groups -OCH3 is 1. The van der Waals surface area contributed by atoms with Gasteiger partial charge in [0.05, 0.1) is 18.6 Å². The third kappa shape index (κ3) is 5.32. The molecule has 0 aliphatic carbocycles. The molecule has 150 valence electrons. The van der Waals surface area contributed by atoms with Crippen LogP contribution in [0.25, 0.3) is 0 Å². The highest BCUT2D eigenvalue weighted by Crippen LogP contribution is 2.25. The Labute approximate surface area is 170 Å². The van der Waals surface area contributed by atoms with Gasteiger partial charge in [0.1, 0.15) is 11.0 Å². The largest absolute Gasteiger partial charge is 0.496 e. The van der Waals surface area contributed by atoms with Gasteiger partial charge >= 0.3 is 0 Å². The van der Waals surface area contributed by atoms with Crippen LogP contribution in [0.3, 0.4) is 0 Å². The van der Waals surface area contributed by atoms with Gasteiger partial charge in [0.2, 0.25) is 11.8 Å². The molecule has 9 nitrogen and oxygen atoms in total. The van der Waals surface area contributed by atoms with Crippen LogP contribution >= 0.6 is 11.8 Å². The Hall–Kier alpha value is -3.40. The number of hydrogen-bond donors (Lipinski definition) is 2. The van der Waals surface area contributed by atoms with Gasteiger partial charge in [0.15, 0.2) is 5.17 Å². The van der Waals surface area contributed by atoms with Gasteiger partial charge in [-0.3, -0.25) is 24.7 Å². The first-order valence-electron chi connectivity index (χ1n) is 8.64. The maximum Gasteiger partial charge on any atom is 0.271 e. The van der Waals surface area contributed by atoms with E-state index in [2.05, 4.69) is 15.6 Å². The summed E-state index contributed by atoms with van der Waals surface area (Å²) in [5.74, 6) is -0.00819. The topological polar surface area (TPSA) is 123 Å². The molecule has 2 N–H and O–H groups in total. The molecule has 3 rings (SSSR count). The van der Waals surface area contributed by atoms with Crippen molar-refractivity contribution >= 4 is 40.1 Å². The lowest BCUT2D eigenvalue weighted by Crippen LogP contribution is -2.28. The Morgan fingerprint density at radius 2 is 2.10 bits per heavy atom. The molecule has 2 aromatic carbocycles. The van der Waals surface area contributed by atoms with E-state index in [1.54, 1.807) is 13.2 Å². The molecule has 2 aromatic rings. The van der Waals surface area contributed by atoms with Crippen LogP contribution in [0, 0.1) is 10.1 Å². The SMILES string of the molecule is COc1ccccc1CN=C1NC(=O)[C@H](CC(=O)Nc2cccc([N+](=O)[O-])c2)S1. The van der Waals surface area contributed by atoms with Crippen molar-refractivity contribution in [2.24, 2.45) is 4.99 Å². The second-order valence-corrected chi connectivity index (χ2v) is 7.28.